The standard InChI is InChI=1S/C14H16N2O4/c1-8-6-7-16(11(8)14(19)20)13(18)10-4-2-9(3-5-10)12(15)17/h2-5,8,11H,6-7H2,1H3,(H2,15,17)(H,19,20). The minimum atomic E-state index is -0.989. The Balaban J connectivity index is 2.22. The van der Waals surface area contributed by atoms with Crippen LogP contribution in [0.1, 0.15) is 34.1 Å². The Morgan fingerprint density at radius 1 is 1.20 bits per heavy atom. The van der Waals surface area contributed by atoms with Crippen molar-refractivity contribution in [2.45, 2.75) is 19.4 Å². The van der Waals surface area contributed by atoms with E-state index in [4.69, 9.17) is 5.73 Å². The van der Waals surface area contributed by atoms with Crippen LogP contribution in [0.5, 0.6) is 0 Å². The first-order chi connectivity index (χ1) is 9.41. The van der Waals surface area contributed by atoms with E-state index in [1.165, 1.54) is 29.2 Å². The van der Waals surface area contributed by atoms with Gasteiger partial charge in [0, 0.05) is 17.7 Å². The number of hydrogen-bond donors (Lipinski definition) is 2. The zero-order valence-electron chi connectivity index (χ0n) is 11.1. The molecule has 0 spiro atoms. The molecule has 6 heteroatoms. The molecule has 0 saturated carbocycles. The van der Waals surface area contributed by atoms with Gasteiger partial charge in [0.2, 0.25) is 5.91 Å². The van der Waals surface area contributed by atoms with Gasteiger partial charge >= 0.3 is 5.97 Å². The van der Waals surface area contributed by atoms with E-state index < -0.39 is 17.9 Å². The minimum absolute atomic E-state index is 0.0682. The van der Waals surface area contributed by atoms with Gasteiger partial charge in [0.25, 0.3) is 5.91 Å². The van der Waals surface area contributed by atoms with Crippen molar-refractivity contribution in [1.82, 2.24) is 4.90 Å². The van der Waals surface area contributed by atoms with Crippen LogP contribution >= 0.6 is 0 Å². The molecule has 1 aliphatic heterocycles. The van der Waals surface area contributed by atoms with Crippen LogP contribution in [0.15, 0.2) is 24.3 Å². The van der Waals surface area contributed by atoms with Crippen molar-refractivity contribution in [3.63, 3.8) is 0 Å². The summed E-state index contributed by atoms with van der Waals surface area (Å²) in [5.41, 5.74) is 5.80. The molecular weight excluding hydrogens is 260 g/mol. The van der Waals surface area contributed by atoms with E-state index in [9.17, 15) is 19.5 Å². The first-order valence-electron chi connectivity index (χ1n) is 6.35. The molecule has 0 radical (unpaired) electrons. The lowest BCUT2D eigenvalue weighted by atomic mass is 10.0. The Labute approximate surface area is 116 Å². The molecule has 106 valence electrons. The lowest BCUT2D eigenvalue weighted by Crippen LogP contribution is -2.42. The van der Waals surface area contributed by atoms with Gasteiger partial charge in [-0.05, 0) is 36.6 Å². The van der Waals surface area contributed by atoms with Crippen LogP contribution in [0, 0.1) is 5.92 Å². The lowest BCUT2D eigenvalue weighted by molar-refractivity contribution is -0.142. The van der Waals surface area contributed by atoms with Crippen LogP contribution in [0.3, 0.4) is 0 Å². The normalized spacial score (nSPS) is 21.8. The number of hydrogen-bond acceptors (Lipinski definition) is 3. The zero-order chi connectivity index (χ0) is 14.9. The highest BCUT2D eigenvalue weighted by Gasteiger charge is 2.39. The maximum Gasteiger partial charge on any atom is 0.326 e. The van der Waals surface area contributed by atoms with Gasteiger partial charge in [-0.25, -0.2) is 4.79 Å². The monoisotopic (exact) mass is 276 g/mol. The molecule has 20 heavy (non-hydrogen) atoms. The van der Waals surface area contributed by atoms with Gasteiger partial charge in [-0.3, -0.25) is 9.59 Å². The summed E-state index contributed by atoms with van der Waals surface area (Å²) in [5.74, 6) is -1.96. The number of benzene rings is 1. The molecule has 2 rings (SSSR count). The SMILES string of the molecule is CC1CCN(C(=O)c2ccc(C(N)=O)cc2)C1C(=O)O. The van der Waals surface area contributed by atoms with E-state index in [0.717, 1.165) is 0 Å². The average Bonchev–Trinajstić information content (AvgIpc) is 2.80. The van der Waals surface area contributed by atoms with E-state index in [2.05, 4.69) is 0 Å². The summed E-state index contributed by atoms with van der Waals surface area (Å²) in [6, 6.07) is 5.11. The third kappa shape index (κ3) is 2.49. The number of carboxylic acids is 1. The highest BCUT2D eigenvalue weighted by Crippen LogP contribution is 2.26. The molecule has 1 aromatic rings. The predicted molar refractivity (Wildman–Crippen MR) is 71.2 cm³/mol. The second kappa shape index (κ2) is 5.32. The molecule has 6 nitrogen and oxygen atoms in total. The molecule has 2 atom stereocenters. The molecule has 1 aliphatic rings. The summed E-state index contributed by atoms with van der Waals surface area (Å²) in [4.78, 5) is 35.9. The fourth-order valence-corrected chi connectivity index (χ4v) is 2.49. The molecule has 2 unspecified atom stereocenters. The number of carboxylic acid groups (broad SMARTS) is 1. The molecule has 1 fully saturated rings. The van der Waals surface area contributed by atoms with E-state index in [1.54, 1.807) is 0 Å². The summed E-state index contributed by atoms with van der Waals surface area (Å²) < 4.78 is 0. The van der Waals surface area contributed by atoms with Crippen molar-refractivity contribution >= 4 is 17.8 Å². The number of nitrogens with two attached hydrogens (primary N) is 1. The maximum absolute atomic E-state index is 12.3. The number of primary amides is 1. The summed E-state index contributed by atoms with van der Waals surface area (Å²) in [6.07, 6.45) is 0.669. The molecule has 0 aromatic heterocycles. The van der Waals surface area contributed by atoms with Gasteiger partial charge in [-0.1, -0.05) is 6.92 Å². The first-order valence-corrected chi connectivity index (χ1v) is 6.35. The maximum atomic E-state index is 12.3. The second-order valence-corrected chi connectivity index (χ2v) is 4.99. The molecule has 0 bridgehead atoms. The number of carbonyl (C=O) groups is 3. The van der Waals surface area contributed by atoms with Crippen LogP contribution in [0.2, 0.25) is 0 Å². The third-order valence-electron chi connectivity index (χ3n) is 3.63. The number of amides is 2. The fourth-order valence-electron chi connectivity index (χ4n) is 2.49. The Kier molecular flexibility index (Phi) is 3.74. The summed E-state index contributed by atoms with van der Waals surface area (Å²) in [5, 5.41) is 9.21. The van der Waals surface area contributed by atoms with Gasteiger partial charge in [0.05, 0.1) is 0 Å². The van der Waals surface area contributed by atoms with Crippen molar-refractivity contribution in [1.29, 1.82) is 0 Å². The van der Waals surface area contributed by atoms with Crippen molar-refractivity contribution in [3.8, 4) is 0 Å². The molecule has 3 N–H and O–H groups in total. The van der Waals surface area contributed by atoms with Crippen LogP contribution in [-0.2, 0) is 4.79 Å². The first kappa shape index (κ1) is 14.0. The van der Waals surface area contributed by atoms with Crippen molar-refractivity contribution < 1.29 is 19.5 Å². The topological polar surface area (TPSA) is 101 Å². The Morgan fingerprint density at radius 3 is 2.25 bits per heavy atom. The molecular formula is C14H16N2O4. The van der Waals surface area contributed by atoms with Gasteiger partial charge < -0.3 is 15.7 Å². The number of nitrogens with zero attached hydrogens (tertiary/aromatic N) is 1. The van der Waals surface area contributed by atoms with E-state index in [0.29, 0.717) is 24.1 Å². The van der Waals surface area contributed by atoms with Gasteiger partial charge in [-0.2, -0.15) is 0 Å². The fraction of sp³-hybridized carbons (Fsp3) is 0.357. The average molecular weight is 276 g/mol. The van der Waals surface area contributed by atoms with Gasteiger partial charge in [0.15, 0.2) is 0 Å². The van der Waals surface area contributed by atoms with E-state index >= 15 is 0 Å². The zero-order valence-corrected chi connectivity index (χ0v) is 11.1. The number of likely N-dealkylation sites (tertiary alicyclic amines) is 1. The van der Waals surface area contributed by atoms with Gasteiger partial charge in [0.1, 0.15) is 6.04 Å². The van der Waals surface area contributed by atoms with Crippen molar-refractivity contribution in [2.24, 2.45) is 11.7 Å². The Bertz CT molecular complexity index is 553. The lowest BCUT2D eigenvalue weighted by Gasteiger charge is -2.23. The highest BCUT2D eigenvalue weighted by molar-refractivity contribution is 5.98. The summed E-state index contributed by atoms with van der Waals surface area (Å²) >= 11 is 0. The smallest absolute Gasteiger partial charge is 0.326 e. The van der Waals surface area contributed by atoms with E-state index in [1.807, 2.05) is 6.92 Å². The molecule has 1 heterocycles. The largest absolute Gasteiger partial charge is 0.480 e. The van der Waals surface area contributed by atoms with Crippen LogP contribution in [0.4, 0.5) is 0 Å². The Hall–Kier alpha value is -2.37. The van der Waals surface area contributed by atoms with Crippen LogP contribution in [-0.4, -0.2) is 40.4 Å². The third-order valence-corrected chi connectivity index (χ3v) is 3.63. The molecule has 1 saturated heterocycles. The Morgan fingerprint density at radius 2 is 1.75 bits per heavy atom. The highest BCUT2D eigenvalue weighted by atomic mass is 16.4. The van der Waals surface area contributed by atoms with E-state index in [-0.39, 0.29) is 11.8 Å². The number of aliphatic carboxylic acids is 1. The molecule has 0 aliphatic carbocycles. The number of rotatable bonds is 3. The van der Waals surface area contributed by atoms with Crippen LogP contribution in [0.25, 0.3) is 0 Å². The second-order valence-electron chi connectivity index (χ2n) is 4.99. The van der Waals surface area contributed by atoms with Gasteiger partial charge in [-0.15, -0.1) is 0 Å². The summed E-state index contributed by atoms with van der Waals surface area (Å²) in [7, 11) is 0. The molecule has 1 aromatic carbocycles. The quantitative estimate of drug-likeness (QED) is 0.849. The number of carbonyl (C=O) groups excluding carboxylic acids is 2. The predicted octanol–water partition coefficient (Wildman–Crippen LogP) is 0.721. The minimum Gasteiger partial charge on any atom is -0.480 e. The summed E-state index contributed by atoms with van der Waals surface area (Å²) in [6.45, 7) is 2.25. The van der Waals surface area contributed by atoms with Crippen molar-refractivity contribution in [2.75, 3.05) is 6.54 Å². The molecule has 2 amide bonds. The van der Waals surface area contributed by atoms with Crippen molar-refractivity contribution in [3.05, 3.63) is 35.4 Å². The van der Waals surface area contributed by atoms with Crippen LogP contribution < -0.4 is 5.73 Å².